The minimum atomic E-state index is -3.53. The highest BCUT2D eigenvalue weighted by atomic mass is 32.2. The molecule has 0 atom stereocenters. The molecule has 2 aromatic carbocycles. The Morgan fingerprint density at radius 2 is 1.66 bits per heavy atom. The Hall–Kier alpha value is -2.55. The summed E-state index contributed by atoms with van der Waals surface area (Å²) in [6.45, 7) is 6.09. The van der Waals surface area contributed by atoms with Gasteiger partial charge in [0.1, 0.15) is 0 Å². The number of thiazole rings is 1. The summed E-state index contributed by atoms with van der Waals surface area (Å²) in [5.74, 6) is -0.334. The number of amides is 1. The number of rotatable bonds is 5. The molecular weight excluding hydrogens is 406 g/mol. The second-order valence-electron chi connectivity index (χ2n) is 6.99. The van der Waals surface area contributed by atoms with Crippen molar-refractivity contribution in [1.29, 1.82) is 0 Å². The van der Waals surface area contributed by atoms with E-state index in [2.05, 4.69) is 36.3 Å². The molecule has 0 unspecified atom stereocenters. The third kappa shape index (κ3) is 4.39. The van der Waals surface area contributed by atoms with Gasteiger partial charge in [-0.1, -0.05) is 12.1 Å². The molecule has 0 radical (unpaired) electrons. The van der Waals surface area contributed by atoms with Gasteiger partial charge < -0.3 is 0 Å². The third-order valence-corrected chi connectivity index (χ3v) is 7.41. The summed E-state index contributed by atoms with van der Waals surface area (Å²) < 4.78 is 25.4. The predicted molar refractivity (Wildman–Crippen MR) is 117 cm³/mol. The van der Waals surface area contributed by atoms with Gasteiger partial charge >= 0.3 is 0 Å². The number of nitrogens with zero attached hydrogens (tertiary/aromatic N) is 2. The molecule has 0 bridgehead atoms. The van der Waals surface area contributed by atoms with Crippen molar-refractivity contribution in [3.05, 3.63) is 64.0 Å². The Labute approximate surface area is 175 Å². The zero-order valence-corrected chi connectivity index (χ0v) is 18.6. The number of benzene rings is 2. The van der Waals surface area contributed by atoms with Crippen LogP contribution in [-0.2, 0) is 10.0 Å². The molecule has 29 heavy (non-hydrogen) atoms. The minimum absolute atomic E-state index is 0.140. The fourth-order valence-electron chi connectivity index (χ4n) is 2.76. The van der Waals surface area contributed by atoms with Gasteiger partial charge in [-0.2, -0.15) is 0 Å². The van der Waals surface area contributed by atoms with Crippen molar-refractivity contribution in [2.75, 3.05) is 19.4 Å². The van der Waals surface area contributed by atoms with Gasteiger partial charge in [0.15, 0.2) is 5.13 Å². The Kier molecular flexibility index (Phi) is 5.88. The van der Waals surface area contributed by atoms with Gasteiger partial charge in [0.2, 0.25) is 10.0 Å². The molecule has 6 nitrogen and oxygen atoms in total. The zero-order valence-electron chi connectivity index (χ0n) is 17.0. The van der Waals surface area contributed by atoms with Crippen molar-refractivity contribution in [3.8, 4) is 11.3 Å². The van der Waals surface area contributed by atoms with E-state index >= 15 is 0 Å². The van der Waals surface area contributed by atoms with E-state index in [1.807, 2.05) is 13.0 Å². The summed E-state index contributed by atoms with van der Waals surface area (Å²) in [5, 5.41) is 3.31. The number of hydrogen-bond donors (Lipinski definition) is 1. The summed E-state index contributed by atoms with van der Waals surface area (Å²) in [6.07, 6.45) is 0. The van der Waals surface area contributed by atoms with Crippen LogP contribution in [0.2, 0.25) is 0 Å². The first-order valence-corrected chi connectivity index (χ1v) is 11.2. The maximum Gasteiger partial charge on any atom is 0.257 e. The van der Waals surface area contributed by atoms with Gasteiger partial charge in [-0.15, -0.1) is 11.3 Å². The number of aryl methyl sites for hydroxylation is 3. The predicted octanol–water partition coefficient (Wildman–Crippen LogP) is 4.24. The van der Waals surface area contributed by atoms with Crippen LogP contribution in [0.5, 0.6) is 0 Å². The van der Waals surface area contributed by atoms with Gasteiger partial charge in [0.25, 0.3) is 5.91 Å². The molecule has 0 saturated carbocycles. The SMILES string of the molecule is Cc1ccc(-c2nc(NC(=O)c3ccc(S(=O)(=O)N(C)C)cc3)sc2C)cc1C. The average molecular weight is 430 g/mol. The molecule has 0 saturated heterocycles. The number of anilines is 1. The topological polar surface area (TPSA) is 79.4 Å². The smallest absolute Gasteiger partial charge is 0.257 e. The number of nitrogens with one attached hydrogen (secondary N) is 1. The first kappa shape index (κ1) is 21.2. The van der Waals surface area contributed by atoms with Crippen molar-refractivity contribution < 1.29 is 13.2 Å². The molecule has 1 aromatic heterocycles. The Bertz CT molecular complexity index is 1160. The maximum atomic E-state index is 12.6. The zero-order chi connectivity index (χ0) is 21.3. The third-order valence-electron chi connectivity index (χ3n) is 4.69. The molecule has 0 spiro atoms. The van der Waals surface area contributed by atoms with Crippen LogP contribution in [0.4, 0.5) is 5.13 Å². The minimum Gasteiger partial charge on any atom is -0.298 e. The second-order valence-corrected chi connectivity index (χ2v) is 10.3. The quantitative estimate of drug-likeness (QED) is 0.658. The maximum absolute atomic E-state index is 12.6. The van der Waals surface area contributed by atoms with E-state index in [4.69, 9.17) is 0 Å². The standard InChI is InChI=1S/C21H23N3O3S2/c1-13-6-7-17(12-14(13)2)19-15(3)28-21(22-19)23-20(25)16-8-10-18(11-9-16)29(26,27)24(4)5/h6-12H,1-5H3,(H,22,23,25). The van der Waals surface area contributed by atoms with Crippen molar-refractivity contribution in [2.45, 2.75) is 25.7 Å². The van der Waals surface area contributed by atoms with Crippen LogP contribution < -0.4 is 5.32 Å². The summed E-state index contributed by atoms with van der Waals surface area (Å²) in [7, 11) is -0.594. The molecule has 3 aromatic rings. The fourth-order valence-corrected chi connectivity index (χ4v) is 4.50. The van der Waals surface area contributed by atoms with E-state index in [0.717, 1.165) is 20.4 Å². The highest BCUT2D eigenvalue weighted by molar-refractivity contribution is 7.89. The van der Waals surface area contributed by atoms with E-state index in [-0.39, 0.29) is 10.8 Å². The monoisotopic (exact) mass is 429 g/mol. The summed E-state index contributed by atoms with van der Waals surface area (Å²) in [5.41, 5.74) is 4.63. The number of hydrogen-bond acceptors (Lipinski definition) is 5. The molecular formula is C21H23N3O3S2. The molecule has 1 amide bonds. The highest BCUT2D eigenvalue weighted by Gasteiger charge is 2.18. The molecule has 0 aliphatic carbocycles. The lowest BCUT2D eigenvalue weighted by atomic mass is 10.0. The highest BCUT2D eigenvalue weighted by Crippen LogP contribution is 2.31. The second kappa shape index (κ2) is 8.06. The van der Waals surface area contributed by atoms with Crippen LogP contribution in [0.15, 0.2) is 47.4 Å². The van der Waals surface area contributed by atoms with Crippen LogP contribution in [0.1, 0.15) is 26.4 Å². The molecule has 0 aliphatic rings. The van der Waals surface area contributed by atoms with Crippen molar-refractivity contribution in [3.63, 3.8) is 0 Å². The molecule has 8 heteroatoms. The lowest BCUT2D eigenvalue weighted by molar-refractivity contribution is 0.102. The van der Waals surface area contributed by atoms with Crippen LogP contribution >= 0.6 is 11.3 Å². The van der Waals surface area contributed by atoms with Crippen LogP contribution in [0.25, 0.3) is 11.3 Å². The van der Waals surface area contributed by atoms with Crippen LogP contribution in [0, 0.1) is 20.8 Å². The summed E-state index contributed by atoms with van der Waals surface area (Å²) >= 11 is 1.41. The van der Waals surface area contributed by atoms with Crippen LogP contribution in [0.3, 0.4) is 0 Å². The van der Waals surface area contributed by atoms with E-state index < -0.39 is 10.0 Å². The lowest BCUT2D eigenvalue weighted by Crippen LogP contribution is -2.22. The lowest BCUT2D eigenvalue weighted by Gasteiger charge is -2.11. The van der Waals surface area contributed by atoms with Gasteiger partial charge in [0, 0.05) is 30.1 Å². The largest absolute Gasteiger partial charge is 0.298 e. The van der Waals surface area contributed by atoms with Gasteiger partial charge in [-0.05, 0) is 62.2 Å². The van der Waals surface area contributed by atoms with E-state index in [1.54, 1.807) is 0 Å². The molecule has 0 fully saturated rings. The summed E-state index contributed by atoms with van der Waals surface area (Å²) in [6, 6.07) is 12.0. The van der Waals surface area contributed by atoms with Gasteiger partial charge in [-0.3, -0.25) is 10.1 Å². The number of carbonyl (C=O) groups is 1. The van der Waals surface area contributed by atoms with Gasteiger partial charge in [-0.25, -0.2) is 17.7 Å². The summed E-state index contributed by atoms with van der Waals surface area (Å²) in [4.78, 5) is 18.3. The first-order chi connectivity index (χ1) is 13.6. The van der Waals surface area contributed by atoms with Gasteiger partial charge in [0.05, 0.1) is 10.6 Å². The van der Waals surface area contributed by atoms with Crippen molar-refractivity contribution >= 4 is 32.4 Å². The van der Waals surface area contributed by atoms with Crippen LogP contribution in [-0.4, -0.2) is 37.7 Å². The Morgan fingerprint density at radius 3 is 2.24 bits per heavy atom. The molecule has 1 N–H and O–H groups in total. The molecule has 152 valence electrons. The van der Waals surface area contributed by atoms with Crippen molar-refractivity contribution in [2.24, 2.45) is 0 Å². The number of carbonyl (C=O) groups excluding carboxylic acids is 1. The van der Waals surface area contributed by atoms with Crippen molar-refractivity contribution in [1.82, 2.24) is 9.29 Å². The van der Waals surface area contributed by atoms with E-state index in [0.29, 0.717) is 10.7 Å². The number of aromatic nitrogens is 1. The normalized spacial score (nSPS) is 11.7. The fraction of sp³-hybridized carbons (Fsp3) is 0.238. The number of sulfonamides is 1. The Balaban J connectivity index is 1.80. The van der Waals surface area contributed by atoms with E-state index in [1.165, 1.54) is 60.8 Å². The molecule has 3 rings (SSSR count). The molecule has 1 heterocycles. The first-order valence-electron chi connectivity index (χ1n) is 8.98. The van der Waals surface area contributed by atoms with E-state index in [9.17, 15) is 13.2 Å². The average Bonchev–Trinajstić information content (AvgIpc) is 3.04. The Morgan fingerprint density at radius 1 is 1.00 bits per heavy atom. The molecule has 0 aliphatic heterocycles.